The first-order valence-corrected chi connectivity index (χ1v) is 8.56. The van der Waals surface area contributed by atoms with E-state index in [0.29, 0.717) is 29.0 Å². The zero-order valence-corrected chi connectivity index (χ0v) is 15.9. The lowest BCUT2D eigenvalue weighted by atomic mass is 10.2. The molecular weight excluding hydrogens is 366 g/mol. The molecule has 0 aliphatic rings. The SMILES string of the molecule is CN(C)C(=O)CN=CC(=CN)Nc1ncc(Cl)c(NCc2ccccc2)n1. The molecule has 0 aliphatic heterocycles. The van der Waals surface area contributed by atoms with E-state index in [0.717, 1.165) is 5.56 Å². The van der Waals surface area contributed by atoms with Gasteiger partial charge in [0.1, 0.15) is 11.6 Å². The van der Waals surface area contributed by atoms with E-state index in [1.807, 2.05) is 30.3 Å². The lowest BCUT2D eigenvalue weighted by molar-refractivity contribution is -0.127. The third kappa shape index (κ3) is 6.59. The molecule has 0 fully saturated rings. The molecule has 1 heterocycles. The van der Waals surface area contributed by atoms with Crippen LogP contribution in [-0.4, -0.2) is 47.6 Å². The lowest BCUT2D eigenvalue weighted by Crippen LogP contribution is -2.24. The van der Waals surface area contributed by atoms with Gasteiger partial charge in [0.05, 0.1) is 11.9 Å². The number of aromatic nitrogens is 2. The van der Waals surface area contributed by atoms with Crippen LogP contribution in [0.2, 0.25) is 5.02 Å². The number of nitrogens with zero attached hydrogens (tertiary/aromatic N) is 4. The van der Waals surface area contributed by atoms with Crippen molar-refractivity contribution in [2.45, 2.75) is 6.54 Å². The Morgan fingerprint density at radius 3 is 2.74 bits per heavy atom. The van der Waals surface area contributed by atoms with E-state index in [4.69, 9.17) is 17.3 Å². The van der Waals surface area contributed by atoms with Crippen molar-refractivity contribution in [3.05, 3.63) is 59.0 Å². The average molecular weight is 388 g/mol. The summed E-state index contributed by atoms with van der Waals surface area (Å²) in [6.07, 6.45) is 4.26. The number of rotatable bonds is 8. The summed E-state index contributed by atoms with van der Waals surface area (Å²) in [5.74, 6) is 0.684. The Morgan fingerprint density at radius 2 is 2.07 bits per heavy atom. The molecule has 2 rings (SSSR count). The van der Waals surface area contributed by atoms with Gasteiger partial charge in [0.2, 0.25) is 11.9 Å². The maximum absolute atomic E-state index is 11.5. The second-order valence-corrected chi connectivity index (χ2v) is 6.14. The molecule has 0 bridgehead atoms. The van der Waals surface area contributed by atoms with Gasteiger partial charge in [-0.15, -0.1) is 0 Å². The first-order chi connectivity index (χ1) is 13.0. The topological polar surface area (TPSA) is 109 Å². The van der Waals surface area contributed by atoms with Gasteiger partial charge in [0.15, 0.2) is 5.82 Å². The fourth-order valence-corrected chi connectivity index (χ4v) is 2.10. The summed E-state index contributed by atoms with van der Waals surface area (Å²) < 4.78 is 0. The number of halogens is 1. The van der Waals surface area contributed by atoms with E-state index in [9.17, 15) is 4.79 Å². The van der Waals surface area contributed by atoms with Gasteiger partial charge < -0.3 is 21.3 Å². The van der Waals surface area contributed by atoms with Crippen molar-refractivity contribution in [1.82, 2.24) is 14.9 Å². The Kier molecular flexibility index (Phi) is 7.57. The van der Waals surface area contributed by atoms with Crippen LogP contribution >= 0.6 is 11.6 Å². The molecule has 8 nitrogen and oxygen atoms in total. The second-order valence-electron chi connectivity index (χ2n) is 5.73. The quantitative estimate of drug-likeness (QED) is 0.598. The summed E-state index contributed by atoms with van der Waals surface area (Å²) in [7, 11) is 3.34. The number of anilines is 2. The minimum Gasteiger partial charge on any atom is -0.403 e. The standard InChI is InChI=1S/C18H22ClN7O/c1-26(2)16(27)12-21-10-14(8-20)24-18-23-11-15(19)17(25-18)22-9-13-6-4-3-5-7-13/h3-8,10-11H,9,12,20H2,1-2H3,(H2,22,23,24,25). The zero-order valence-electron chi connectivity index (χ0n) is 15.2. The number of carbonyl (C=O) groups is 1. The van der Waals surface area contributed by atoms with Gasteiger partial charge in [0.25, 0.3) is 0 Å². The molecule has 142 valence electrons. The molecule has 27 heavy (non-hydrogen) atoms. The molecular formula is C18H22ClN7O. The number of hydrogen-bond donors (Lipinski definition) is 3. The largest absolute Gasteiger partial charge is 0.403 e. The highest BCUT2D eigenvalue weighted by atomic mass is 35.5. The highest BCUT2D eigenvalue weighted by Crippen LogP contribution is 2.20. The third-order valence-corrected chi connectivity index (χ3v) is 3.71. The van der Waals surface area contributed by atoms with E-state index in [-0.39, 0.29) is 12.5 Å². The molecule has 0 atom stereocenters. The third-order valence-electron chi connectivity index (χ3n) is 3.44. The number of amides is 1. The number of allylic oxidation sites excluding steroid dienone is 1. The van der Waals surface area contributed by atoms with E-state index in [2.05, 4.69) is 25.6 Å². The summed E-state index contributed by atoms with van der Waals surface area (Å²) in [5, 5.41) is 6.52. The van der Waals surface area contributed by atoms with Crippen LogP contribution in [0, 0.1) is 0 Å². The van der Waals surface area contributed by atoms with E-state index in [1.54, 1.807) is 14.1 Å². The van der Waals surface area contributed by atoms with Gasteiger partial charge in [-0.05, 0) is 5.56 Å². The van der Waals surface area contributed by atoms with Crippen LogP contribution in [-0.2, 0) is 11.3 Å². The number of likely N-dealkylation sites (N-methyl/N-ethyl adjacent to an activating group) is 1. The molecule has 1 aromatic heterocycles. The molecule has 0 saturated heterocycles. The van der Waals surface area contributed by atoms with Gasteiger partial charge in [0, 0.05) is 33.1 Å². The van der Waals surface area contributed by atoms with Crippen LogP contribution in [0.5, 0.6) is 0 Å². The maximum Gasteiger partial charge on any atom is 0.243 e. The normalized spacial score (nSPS) is 11.4. The van der Waals surface area contributed by atoms with Crippen LogP contribution in [0.25, 0.3) is 0 Å². The predicted molar refractivity (Wildman–Crippen MR) is 109 cm³/mol. The number of nitrogens with two attached hydrogens (primary N) is 1. The molecule has 0 saturated carbocycles. The van der Waals surface area contributed by atoms with Gasteiger partial charge in [-0.25, -0.2) is 4.98 Å². The Morgan fingerprint density at radius 1 is 1.33 bits per heavy atom. The average Bonchev–Trinajstić information content (AvgIpc) is 2.68. The summed E-state index contributed by atoms with van der Waals surface area (Å²) in [5.41, 5.74) is 7.15. The fourth-order valence-electron chi connectivity index (χ4n) is 1.94. The van der Waals surface area contributed by atoms with Crippen molar-refractivity contribution in [3.8, 4) is 0 Å². The number of carbonyl (C=O) groups excluding carboxylic acids is 1. The van der Waals surface area contributed by atoms with Crippen molar-refractivity contribution in [3.63, 3.8) is 0 Å². The second kappa shape index (κ2) is 10.1. The Hall–Kier alpha value is -3.13. The van der Waals surface area contributed by atoms with Gasteiger partial charge in [-0.3, -0.25) is 9.79 Å². The number of hydrogen-bond acceptors (Lipinski definition) is 7. The minimum atomic E-state index is -0.113. The molecule has 4 N–H and O–H groups in total. The van der Waals surface area contributed by atoms with E-state index < -0.39 is 0 Å². The van der Waals surface area contributed by atoms with Crippen molar-refractivity contribution < 1.29 is 4.79 Å². The predicted octanol–water partition coefficient (Wildman–Crippen LogP) is 2.11. The molecule has 2 aromatic rings. The highest BCUT2D eigenvalue weighted by Gasteiger charge is 2.07. The fraction of sp³-hybridized carbons (Fsp3) is 0.222. The van der Waals surface area contributed by atoms with Gasteiger partial charge >= 0.3 is 0 Å². The van der Waals surface area contributed by atoms with Crippen LogP contribution in [0.4, 0.5) is 11.8 Å². The summed E-state index contributed by atoms with van der Waals surface area (Å²) in [6.45, 7) is 0.599. The smallest absolute Gasteiger partial charge is 0.243 e. The highest BCUT2D eigenvalue weighted by molar-refractivity contribution is 6.32. The molecule has 1 aromatic carbocycles. The first-order valence-electron chi connectivity index (χ1n) is 8.19. The van der Waals surface area contributed by atoms with E-state index >= 15 is 0 Å². The van der Waals surface area contributed by atoms with E-state index in [1.165, 1.54) is 23.5 Å². The van der Waals surface area contributed by atoms with Gasteiger partial charge in [-0.1, -0.05) is 41.9 Å². The molecule has 0 aliphatic carbocycles. The molecule has 0 spiro atoms. The summed E-state index contributed by atoms with van der Waals surface area (Å²) in [4.78, 5) is 25.5. The van der Waals surface area contributed by atoms with Crippen molar-refractivity contribution in [2.24, 2.45) is 10.7 Å². The molecule has 1 amide bonds. The molecule has 0 radical (unpaired) electrons. The van der Waals surface area contributed by atoms with Crippen LogP contribution in [0.1, 0.15) is 5.56 Å². The van der Waals surface area contributed by atoms with Crippen molar-refractivity contribution in [1.29, 1.82) is 0 Å². The van der Waals surface area contributed by atoms with Crippen LogP contribution in [0.15, 0.2) is 53.4 Å². The molecule has 0 unspecified atom stereocenters. The van der Waals surface area contributed by atoms with Crippen LogP contribution in [0.3, 0.4) is 0 Å². The summed E-state index contributed by atoms with van der Waals surface area (Å²) in [6, 6.07) is 9.89. The molecule has 9 heteroatoms. The Balaban J connectivity index is 2.01. The minimum absolute atomic E-state index is 0.0252. The number of benzene rings is 1. The summed E-state index contributed by atoms with van der Waals surface area (Å²) >= 11 is 6.16. The number of nitrogens with one attached hydrogen (secondary N) is 2. The Bertz CT molecular complexity index is 822. The first kappa shape index (κ1) is 20.2. The Labute approximate surface area is 163 Å². The van der Waals surface area contributed by atoms with Gasteiger partial charge in [-0.2, -0.15) is 4.98 Å². The monoisotopic (exact) mass is 387 g/mol. The lowest BCUT2D eigenvalue weighted by Gasteiger charge is -2.10. The maximum atomic E-state index is 11.5. The number of aliphatic imine (C=N–C) groups is 1. The van der Waals surface area contributed by atoms with Crippen LogP contribution < -0.4 is 16.4 Å². The van der Waals surface area contributed by atoms with Crippen molar-refractivity contribution in [2.75, 3.05) is 31.3 Å². The van der Waals surface area contributed by atoms with Crippen molar-refractivity contribution >= 4 is 35.5 Å². The zero-order chi connectivity index (χ0) is 19.6.